The molecule has 33 heavy (non-hydrogen) atoms. The Morgan fingerprint density at radius 3 is 2.61 bits per heavy atom. The summed E-state index contributed by atoms with van der Waals surface area (Å²) < 4.78 is 69.4. The summed E-state index contributed by atoms with van der Waals surface area (Å²) in [6, 6.07) is 5.62. The third kappa shape index (κ3) is 4.85. The molecule has 1 amide bonds. The predicted molar refractivity (Wildman–Crippen MR) is 115 cm³/mol. The number of fused-ring (bicyclic) bond motifs is 1. The number of benzene rings is 1. The molecule has 0 fully saturated rings. The van der Waals surface area contributed by atoms with E-state index < -0.39 is 27.7 Å². The molecule has 3 heterocycles. The van der Waals surface area contributed by atoms with Crippen LogP contribution in [0.25, 0.3) is 5.69 Å². The molecule has 8 nitrogen and oxygen atoms in total. The normalized spacial score (nSPS) is 17.3. The molecule has 0 saturated heterocycles. The molecule has 2 aliphatic rings. The van der Waals surface area contributed by atoms with Crippen molar-refractivity contribution in [2.45, 2.75) is 26.6 Å². The maximum atomic E-state index is 13.7. The van der Waals surface area contributed by atoms with Gasteiger partial charge in [-0.2, -0.15) is 18.3 Å². The Balaban J connectivity index is 1.54. The van der Waals surface area contributed by atoms with Crippen molar-refractivity contribution >= 4 is 21.8 Å². The summed E-state index contributed by atoms with van der Waals surface area (Å²) in [6.45, 7) is 3.30. The number of aromatic nitrogens is 2. The predicted octanol–water partition coefficient (Wildman–Crippen LogP) is 2.62. The van der Waals surface area contributed by atoms with Crippen molar-refractivity contribution in [2.75, 3.05) is 12.3 Å². The molecule has 12 heteroatoms. The van der Waals surface area contributed by atoms with E-state index in [2.05, 4.69) is 14.8 Å². The molecule has 2 aromatic rings. The lowest BCUT2D eigenvalue weighted by Gasteiger charge is -2.27. The minimum absolute atomic E-state index is 0.0900. The van der Waals surface area contributed by atoms with Crippen molar-refractivity contribution in [3.63, 3.8) is 0 Å². The number of rotatable bonds is 4. The zero-order chi connectivity index (χ0) is 24.0. The van der Waals surface area contributed by atoms with Gasteiger partial charge in [-0.05, 0) is 49.8 Å². The van der Waals surface area contributed by atoms with E-state index in [1.807, 2.05) is 0 Å². The Morgan fingerprint density at radius 1 is 1.18 bits per heavy atom. The van der Waals surface area contributed by atoms with Gasteiger partial charge in [0.15, 0.2) is 0 Å². The van der Waals surface area contributed by atoms with E-state index in [1.165, 1.54) is 40.1 Å². The highest BCUT2D eigenvalue weighted by atomic mass is 32.2. The first-order valence-corrected chi connectivity index (χ1v) is 11.5. The van der Waals surface area contributed by atoms with Gasteiger partial charge in [-0.3, -0.25) is 4.79 Å². The SMILES string of the molecule is Cc1cc(C)n(-c2ccc(CNC(=O)C3=CN4CCS(=O)(=O)N=C4C=C3)c(C(F)(F)F)c2)n1. The Bertz CT molecular complexity index is 1320. The third-order valence-corrected chi connectivity index (χ3v) is 6.34. The number of halogens is 3. The van der Waals surface area contributed by atoms with Gasteiger partial charge in [-0.15, -0.1) is 4.40 Å². The first kappa shape index (κ1) is 22.8. The molecular formula is C21H20F3N5O3S. The summed E-state index contributed by atoms with van der Waals surface area (Å²) in [5.74, 6) is -0.585. The number of nitrogens with zero attached hydrogens (tertiary/aromatic N) is 4. The van der Waals surface area contributed by atoms with Gasteiger partial charge in [0.2, 0.25) is 0 Å². The summed E-state index contributed by atoms with van der Waals surface area (Å²) in [6.07, 6.45) is -0.432. The average molecular weight is 479 g/mol. The first-order chi connectivity index (χ1) is 15.4. The van der Waals surface area contributed by atoms with Crippen LogP contribution in [0.15, 0.2) is 52.6 Å². The Morgan fingerprint density at radius 2 is 1.94 bits per heavy atom. The Hall–Kier alpha value is -3.41. The van der Waals surface area contributed by atoms with E-state index in [1.54, 1.807) is 19.9 Å². The van der Waals surface area contributed by atoms with E-state index in [4.69, 9.17) is 0 Å². The maximum Gasteiger partial charge on any atom is 0.416 e. The van der Waals surface area contributed by atoms with E-state index in [0.29, 0.717) is 11.4 Å². The van der Waals surface area contributed by atoms with Crippen molar-refractivity contribution in [2.24, 2.45) is 4.40 Å². The smallest absolute Gasteiger partial charge is 0.348 e. The van der Waals surface area contributed by atoms with E-state index in [-0.39, 0.29) is 41.5 Å². The number of hydrogen-bond donors (Lipinski definition) is 1. The van der Waals surface area contributed by atoms with Crippen LogP contribution in [0.1, 0.15) is 22.5 Å². The van der Waals surface area contributed by atoms with Crippen LogP contribution >= 0.6 is 0 Å². The second-order valence-electron chi connectivity index (χ2n) is 7.71. The molecule has 0 atom stereocenters. The van der Waals surface area contributed by atoms with Crippen LogP contribution in [-0.4, -0.2) is 47.1 Å². The minimum atomic E-state index is -4.62. The molecule has 0 saturated carbocycles. The van der Waals surface area contributed by atoms with Gasteiger partial charge in [0.1, 0.15) is 5.84 Å². The summed E-state index contributed by atoms with van der Waals surface area (Å²) >= 11 is 0. The van der Waals surface area contributed by atoms with Crippen molar-refractivity contribution in [3.8, 4) is 5.69 Å². The number of alkyl halides is 3. The summed E-state index contributed by atoms with van der Waals surface area (Å²) in [5, 5.41) is 6.73. The molecule has 1 N–H and O–H groups in total. The quantitative estimate of drug-likeness (QED) is 0.727. The molecule has 1 aromatic heterocycles. The van der Waals surface area contributed by atoms with Gasteiger partial charge >= 0.3 is 6.18 Å². The van der Waals surface area contributed by atoms with E-state index in [0.717, 1.165) is 6.07 Å². The maximum absolute atomic E-state index is 13.7. The second kappa shape index (κ2) is 8.18. The zero-order valence-corrected chi connectivity index (χ0v) is 18.5. The molecule has 0 radical (unpaired) electrons. The van der Waals surface area contributed by atoms with Crippen LogP contribution in [0.4, 0.5) is 13.2 Å². The number of nitrogens with one attached hydrogen (secondary N) is 1. The standard InChI is InChI=1S/C21H20F3N5O3S/c1-13-9-14(2)29(26-13)17-5-3-15(18(10-17)21(22,23)24)11-25-20(30)16-4-6-19-27-33(31,32)8-7-28(19)12-16/h3-6,9-10,12H,7-8,11H2,1-2H3,(H,25,30). The van der Waals surface area contributed by atoms with Gasteiger partial charge in [-0.25, -0.2) is 13.1 Å². The Kier molecular flexibility index (Phi) is 5.64. The molecule has 0 unspecified atom stereocenters. The average Bonchev–Trinajstić information content (AvgIpc) is 3.08. The lowest BCUT2D eigenvalue weighted by Crippen LogP contribution is -2.38. The highest BCUT2D eigenvalue weighted by Crippen LogP contribution is 2.33. The third-order valence-electron chi connectivity index (χ3n) is 5.18. The number of sulfonamides is 1. The number of carbonyl (C=O) groups excluding carboxylic acids is 1. The Labute approximate surface area is 188 Å². The molecule has 4 rings (SSSR count). The van der Waals surface area contributed by atoms with Gasteiger partial charge in [0.05, 0.1) is 28.3 Å². The van der Waals surface area contributed by atoms with Crippen molar-refractivity contribution in [3.05, 3.63) is 70.7 Å². The lowest BCUT2D eigenvalue weighted by atomic mass is 10.1. The number of amides is 1. The van der Waals surface area contributed by atoms with Gasteiger partial charge in [0, 0.05) is 25.0 Å². The highest BCUT2D eigenvalue weighted by Gasteiger charge is 2.34. The molecule has 2 aliphatic heterocycles. The largest absolute Gasteiger partial charge is 0.416 e. The van der Waals surface area contributed by atoms with Gasteiger partial charge in [-0.1, -0.05) is 6.07 Å². The molecule has 0 bridgehead atoms. The molecular weight excluding hydrogens is 459 g/mol. The van der Waals surface area contributed by atoms with Gasteiger partial charge < -0.3 is 10.2 Å². The van der Waals surface area contributed by atoms with E-state index in [9.17, 15) is 26.4 Å². The van der Waals surface area contributed by atoms with Crippen LogP contribution in [0.3, 0.4) is 0 Å². The number of carbonyl (C=O) groups is 1. The minimum Gasteiger partial charge on any atom is -0.348 e. The highest BCUT2D eigenvalue weighted by molar-refractivity contribution is 7.90. The zero-order valence-electron chi connectivity index (χ0n) is 17.7. The number of aryl methyl sites for hydroxylation is 2. The molecule has 0 spiro atoms. The van der Waals surface area contributed by atoms with Crippen LogP contribution in [0.5, 0.6) is 0 Å². The van der Waals surface area contributed by atoms with Gasteiger partial charge in [0.25, 0.3) is 15.9 Å². The first-order valence-electron chi connectivity index (χ1n) is 9.94. The van der Waals surface area contributed by atoms with Crippen LogP contribution in [0.2, 0.25) is 0 Å². The molecule has 174 valence electrons. The number of amidine groups is 1. The summed E-state index contributed by atoms with van der Waals surface area (Å²) in [4.78, 5) is 14.1. The number of hydrogen-bond acceptors (Lipinski definition) is 5. The van der Waals surface area contributed by atoms with Crippen molar-refractivity contribution in [1.29, 1.82) is 0 Å². The fourth-order valence-electron chi connectivity index (χ4n) is 3.62. The van der Waals surface area contributed by atoms with Crippen LogP contribution < -0.4 is 5.32 Å². The summed E-state index contributed by atoms with van der Waals surface area (Å²) in [5.41, 5.74) is 0.884. The van der Waals surface area contributed by atoms with Crippen LogP contribution in [0, 0.1) is 13.8 Å². The van der Waals surface area contributed by atoms with Crippen molar-refractivity contribution < 1.29 is 26.4 Å². The van der Waals surface area contributed by atoms with E-state index >= 15 is 0 Å². The van der Waals surface area contributed by atoms with Crippen LogP contribution in [-0.2, 0) is 27.5 Å². The van der Waals surface area contributed by atoms with Crippen molar-refractivity contribution in [1.82, 2.24) is 20.0 Å². The topological polar surface area (TPSA) is 96.7 Å². The fraction of sp³-hybridized carbons (Fsp3) is 0.286. The second-order valence-corrected chi connectivity index (χ2v) is 9.46. The molecule has 0 aliphatic carbocycles. The monoisotopic (exact) mass is 479 g/mol. The lowest BCUT2D eigenvalue weighted by molar-refractivity contribution is -0.138. The fourth-order valence-corrected chi connectivity index (χ4v) is 4.59. The summed E-state index contributed by atoms with van der Waals surface area (Å²) in [7, 11) is -3.53. The molecule has 1 aromatic carbocycles.